The van der Waals surface area contributed by atoms with Crippen molar-refractivity contribution in [2.45, 2.75) is 32.7 Å². The van der Waals surface area contributed by atoms with Crippen LogP contribution < -0.4 is 5.32 Å². The molecule has 1 aromatic carbocycles. The molecular weight excluding hydrogens is 220 g/mol. The van der Waals surface area contributed by atoms with Gasteiger partial charge in [-0.2, -0.15) is 0 Å². The van der Waals surface area contributed by atoms with Gasteiger partial charge in [0.05, 0.1) is 0 Å². The Morgan fingerprint density at radius 3 is 2.65 bits per heavy atom. The van der Waals surface area contributed by atoms with E-state index in [0.29, 0.717) is 17.5 Å². The normalized spacial score (nSPS) is 12.2. The van der Waals surface area contributed by atoms with Crippen LogP contribution in [0.3, 0.4) is 0 Å². The fraction of sp³-hybridized carbons (Fsp3) is 0.429. The fourth-order valence-corrected chi connectivity index (χ4v) is 1.68. The van der Waals surface area contributed by atoms with Gasteiger partial charge in [0.1, 0.15) is 11.6 Å². The van der Waals surface area contributed by atoms with Crippen LogP contribution in [-0.4, -0.2) is 6.54 Å². The molecular formula is C14H17F2N. The standard InChI is InChI=1S/C14H17F2N/c1-4-6-14(17-7-5-2)11-8-10(3)12(15)9-13(11)16/h1,8-9,14,17H,5-7H2,2-3H3. The summed E-state index contributed by atoms with van der Waals surface area (Å²) in [4.78, 5) is 0. The van der Waals surface area contributed by atoms with Gasteiger partial charge < -0.3 is 5.32 Å². The third-order valence-electron chi connectivity index (χ3n) is 2.62. The second kappa shape index (κ2) is 6.36. The molecule has 0 aliphatic carbocycles. The van der Waals surface area contributed by atoms with E-state index in [1.54, 1.807) is 6.92 Å². The van der Waals surface area contributed by atoms with E-state index >= 15 is 0 Å². The van der Waals surface area contributed by atoms with Crippen LogP contribution in [0.25, 0.3) is 0 Å². The molecule has 92 valence electrons. The number of terminal acetylenes is 1. The van der Waals surface area contributed by atoms with Gasteiger partial charge in [-0.05, 0) is 31.5 Å². The quantitative estimate of drug-likeness (QED) is 0.774. The lowest BCUT2D eigenvalue weighted by molar-refractivity contribution is 0.498. The summed E-state index contributed by atoms with van der Waals surface area (Å²) in [7, 11) is 0. The molecule has 0 spiro atoms. The van der Waals surface area contributed by atoms with Crippen LogP contribution in [0.15, 0.2) is 12.1 Å². The lowest BCUT2D eigenvalue weighted by Crippen LogP contribution is -2.23. The largest absolute Gasteiger partial charge is 0.309 e. The van der Waals surface area contributed by atoms with Crippen LogP contribution in [-0.2, 0) is 0 Å². The predicted octanol–water partition coefficient (Wildman–Crippen LogP) is 3.34. The smallest absolute Gasteiger partial charge is 0.130 e. The fourth-order valence-electron chi connectivity index (χ4n) is 1.68. The van der Waals surface area contributed by atoms with Crippen molar-refractivity contribution in [2.24, 2.45) is 0 Å². The number of halogens is 2. The van der Waals surface area contributed by atoms with Gasteiger partial charge in [-0.25, -0.2) is 8.78 Å². The first-order valence-electron chi connectivity index (χ1n) is 5.72. The summed E-state index contributed by atoms with van der Waals surface area (Å²) in [6, 6.07) is 2.19. The highest BCUT2D eigenvalue weighted by atomic mass is 19.1. The van der Waals surface area contributed by atoms with Crippen LogP contribution in [0.2, 0.25) is 0 Å². The van der Waals surface area contributed by atoms with Crippen molar-refractivity contribution in [3.63, 3.8) is 0 Å². The average Bonchev–Trinajstić information content (AvgIpc) is 2.29. The van der Waals surface area contributed by atoms with E-state index in [9.17, 15) is 8.78 Å². The molecule has 1 atom stereocenters. The molecule has 0 radical (unpaired) electrons. The summed E-state index contributed by atoms with van der Waals surface area (Å²) in [6.07, 6.45) is 6.59. The number of nitrogens with one attached hydrogen (secondary N) is 1. The maximum Gasteiger partial charge on any atom is 0.130 e. The zero-order valence-electron chi connectivity index (χ0n) is 10.2. The first-order chi connectivity index (χ1) is 8.10. The van der Waals surface area contributed by atoms with E-state index in [2.05, 4.69) is 11.2 Å². The van der Waals surface area contributed by atoms with Crippen molar-refractivity contribution in [2.75, 3.05) is 6.54 Å². The Labute approximate surface area is 101 Å². The molecule has 1 aromatic rings. The Hall–Kier alpha value is -1.40. The molecule has 0 aromatic heterocycles. The van der Waals surface area contributed by atoms with Crippen LogP contribution >= 0.6 is 0 Å². The van der Waals surface area contributed by atoms with Crippen molar-refractivity contribution in [1.82, 2.24) is 5.32 Å². The highest BCUT2D eigenvalue weighted by Gasteiger charge is 2.16. The maximum atomic E-state index is 13.7. The molecule has 0 saturated heterocycles. The van der Waals surface area contributed by atoms with Crippen LogP contribution in [0.1, 0.15) is 36.9 Å². The molecule has 17 heavy (non-hydrogen) atoms. The highest BCUT2D eigenvalue weighted by Crippen LogP contribution is 2.23. The van der Waals surface area contributed by atoms with E-state index in [0.717, 1.165) is 19.0 Å². The Balaban J connectivity index is 3.01. The Bertz CT molecular complexity index is 421. The minimum absolute atomic E-state index is 0.251. The topological polar surface area (TPSA) is 12.0 Å². The van der Waals surface area contributed by atoms with Gasteiger partial charge in [0.15, 0.2) is 0 Å². The highest BCUT2D eigenvalue weighted by molar-refractivity contribution is 5.29. The van der Waals surface area contributed by atoms with E-state index in [1.807, 2.05) is 6.92 Å². The van der Waals surface area contributed by atoms with Crippen molar-refractivity contribution in [3.8, 4) is 12.3 Å². The molecule has 1 nitrogen and oxygen atoms in total. The van der Waals surface area contributed by atoms with Gasteiger partial charge in [0.25, 0.3) is 0 Å². The lowest BCUT2D eigenvalue weighted by atomic mass is 10.0. The summed E-state index contributed by atoms with van der Waals surface area (Å²) in [6.45, 7) is 4.39. The Morgan fingerprint density at radius 1 is 1.35 bits per heavy atom. The van der Waals surface area contributed by atoms with E-state index in [4.69, 9.17) is 6.42 Å². The summed E-state index contributed by atoms with van der Waals surface area (Å²) < 4.78 is 26.8. The molecule has 0 saturated carbocycles. The summed E-state index contributed by atoms with van der Waals surface area (Å²) in [5.41, 5.74) is 0.872. The van der Waals surface area contributed by atoms with Crippen molar-refractivity contribution < 1.29 is 8.78 Å². The van der Waals surface area contributed by atoms with Crippen molar-refractivity contribution in [3.05, 3.63) is 34.9 Å². The first kappa shape index (κ1) is 13.7. The second-order valence-electron chi connectivity index (χ2n) is 4.04. The minimum Gasteiger partial charge on any atom is -0.309 e. The van der Waals surface area contributed by atoms with E-state index in [-0.39, 0.29) is 6.04 Å². The van der Waals surface area contributed by atoms with Crippen LogP contribution in [0.4, 0.5) is 8.78 Å². The number of hydrogen-bond donors (Lipinski definition) is 1. The summed E-state index contributed by atoms with van der Waals surface area (Å²) >= 11 is 0. The molecule has 1 N–H and O–H groups in total. The Morgan fingerprint density at radius 2 is 2.06 bits per heavy atom. The number of rotatable bonds is 5. The van der Waals surface area contributed by atoms with Crippen molar-refractivity contribution >= 4 is 0 Å². The SMILES string of the molecule is C#CCC(NCCC)c1cc(C)c(F)cc1F. The van der Waals surface area contributed by atoms with Gasteiger partial charge in [0.2, 0.25) is 0 Å². The number of hydrogen-bond acceptors (Lipinski definition) is 1. The average molecular weight is 237 g/mol. The lowest BCUT2D eigenvalue weighted by Gasteiger charge is -2.18. The predicted molar refractivity (Wildman–Crippen MR) is 65.6 cm³/mol. The molecule has 0 aliphatic heterocycles. The maximum absolute atomic E-state index is 13.7. The number of benzene rings is 1. The monoisotopic (exact) mass is 237 g/mol. The molecule has 1 rings (SSSR count). The van der Waals surface area contributed by atoms with Gasteiger partial charge in [-0.3, -0.25) is 0 Å². The number of aryl methyl sites for hydroxylation is 1. The Kier molecular flexibility index (Phi) is 5.11. The van der Waals surface area contributed by atoms with Crippen LogP contribution in [0, 0.1) is 30.9 Å². The third-order valence-corrected chi connectivity index (χ3v) is 2.62. The molecule has 0 fully saturated rings. The van der Waals surface area contributed by atoms with E-state index < -0.39 is 11.6 Å². The minimum atomic E-state index is -0.544. The van der Waals surface area contributed by atoms with Gasteiger partial charge in [0, 0.05) is 24.1 Å². The third kappa shape index (κ3) is 3.54. The van der Waals surface area contributed by atoms with E-state index in [1.165, 1.54) is 6.07 Å². The molecule has 1 unspecified atom stereocenters. The van der Waals surface area contributed by atoms with Crippen LogP contribution in [0.5, 0.6) is 0 Å². The summed E-state index contributed by atoms with van der Waals surface area (Å²) in [5.74, 6) is 1.44. The molecule has 0 bridgehead atoms. The zero-order chi connectivity index (χ0) is 12.8. The van der Waals surface area contributed by atoms with Gasteiger partial charge in [-0.1, -0.05) is 6.92 Å². The molecule has 0 heterocycles. The second-order valence-corrected chi connectivity index (χ2v) is 4.04. The van der Waals surface area contributed by atoms with Crippen molar-refractivity contribution in [1.29, 1.82) is 0 Å². The molecule has 0 amide bonds. The molecule has 3 heteroatoms. The summed E-state index contributed by atoms with van der Waals surface area (Å²) in [5, 5.41) is 3.17. The van der Waals surface area contributed by atoms with Gasteiger partial charge >= 0.3 is 0 Å². The molecule has 0 aliphatic rings. The zero-order valence-corrected chi connectivity index (χ0v) is 10.2. The first-order valence-corrected chi connectivity index (χ1v) is 5.72. The van der Waals surface area contributed by atoms with Gasteiger partial charge in [-0.15, -0.1) is 12.3 Å².